The van der Waals surface area contributed by atoms with Crippen LogP contribution in [-0.2, 0) is 0 Å². The summed E-state index contributed by atoms with van der Waals surface area (Å²) >= 11 is 1.53. The van der Waals surface area contributed by atoms with E-state index in [1.54, 1.807) is 0 Å². The highest BCUT2D eigenvalue weighted by atomic mass is 32.1. The van der Waals surface area contributed by atoms with E-state index in [2.05, 4.69) is 24.3 Å². The zero-order valence-corrected chi connectivity index (χ0v) is 10.8. The molecule has 0 bridgehead atoms. The molecule has 1 saturated carbocycles. The molecule has 1 fully saturated rings. The Balaban J connectivity index is 2.01. The summed E-state index contributed by atoms with van der Waals surface area (Å²) in [7, 11) is 2.15. The smallest absolute Gasteiger partial charge is 0.160 e. The molecule has 0 saturated heterocycles. The maximum Gasteiger partial charge on any atom is 0.160 e. The zero-order chi connectivity index (χ0) is 11.5. The minimum Gasteiger partial charge on any atom is -0.371 e. The van der Waals surface area contributed by atoms with Crippen molar-refractivity contribution in [2.24, 2.45) is 5.92 Å². The van der Waals surface area contributed by atoms with Gasteiger partial charge < -0.3 is 4.90 Å². The van der Waals surface area contributed by atoms with Crippen LogP contribution in [0.5, 0.6) is 0 Å². The lowest BCUT2D eigenvalue weighted by Gasteiger charge is -2.34. The Kier molecular flexibility index (Phi) is 3.64. The van der Waals surface area contributed by atoms with Gasteiger partial charge in [-0.25, -0.2) is 0 Å². The number of carbonyl (C=O) groups excluding carboxylic acids is 1. The predicted molar refractivity (Wildman–Crippen MR) is 69.5 cm³/mol. The number of nitrogens with zero attached hydrogens (tertiary/aromatic N) is 1. The third-order valence-corrected chi connectivity index (χ3v) is 4.51. The third-order valence-electron chi connectivity index (χ3n) is 3.66. The molecule has 88 valence electrons. The molecule has 0 spiro atoms. The Morgan fingerprint density at radius 2 is 2.06 bits per heavy atom. The van der Waals surface area contributed by atoms with E-state index in [0.717, 1.165) is 17.1 Å². The van der Waals surface area contributed by atoms with Gasteiger partial charge in [0.2, 0.25) is 0 Å². The lowest BCUT2D eigenvalue weighted by molar-refractivity contribution is 0.112. The van der Waals surface area contributed by atoms with E-state index in [1.807, 2.05) is 6.07 Å². The monoisotopic (exact) mass is 237 g/mol. The van der Waals surface area contributed by atoms with Gasteiger partial charge in [-0.15, -0.1) is 11.3 Å². The third kappa shape index (κ3) is 2.46. The fourth-order valence-corrected chi connectivity index (χ4v) is 3.17. The molecule has 0 aliphatic heterocycles. The number of carbonyl (C=O) groups is 1. The molecule has 0 radical (unpaired) electrons. The summed E-state index contributed by atoms with van der Waals surface area (Å²) in [5, 5.41) is 2.09. The maximum absolute atomic E-state index is 10.7. The molecular formula is C13H19NOS. The standard InChI is InChI=1S/C13H19NOS/c1-10-3-5-11(6-4-10)14(2)12-7-13(8-15)16-9-12/h7-11H,3-6H2,1-2H3. The van der Waals surface area contributed by atoms with Crippen molar-refractivity contribution >= 4 is 23.3 Å². The van der Waals surface area contributed by atoms with E-state index in [-0.39, 0.29) is 0 Å². The Morgan fingerprint density at radius 3 is 2.62 bits per heavy atom. The van der Waals surface area contributed by atoms with Gasteiger partial charge in [0, 0.05) is 24.2 Å². The summed E-state index contributed by atoms with van der Waals surface area (Å²) < 4.78 is 0. The van der Waals surface area contributed by atoms with E-state index >= 15 is 0 Å². The number of hydrogen-bond donors (Lipinski definition) is 0. The molecule has 2 nitrogen and oxygen atoms in total. The van der Waals surface area contributed by atoms with Crippen LogP contribution in [0.1, 0.15) is 42.3 Å². The second-order valence-electron chi connectivity index (χ2n) is 4.85. The fraction of sp³-hybridized carbons (Fsp3) is 0.615. The first-order valence-electron chi connectivity index (χ1n) is 5.97. The number of anilines is 1. The molecule has 1 aromatic rings. The largest absolute Gasteiger partial charge is 0.371 e. The minimum absolute atomic E-state index is 0.658. The van der Waals surface area contributed by atoms with Crippen LogP contribution in [0, 0.1) is 5.92 Å². The first-order chi connectivity index (χ1) is 7.70. The second-order valence-corrected chi connectivity index (χ2v) is 5.79. The number of rotatable bonds is 3. The molecule has 0 unspecified atom stereocenters. The zero-order valence-electron chi connectivity index (χ0n) is 9.98. The maximum atomic E-state index is 10.7. The van der Waals surface area contributed by atoms with Crippen LogP contribution in [0.25, 0.3) is 0 Å². The van der Waals surface area contributed by atoms with Crippen molar-refractivity contribution in [3.05, 3.63) is 16.3 Å². The lowest BCUT2D eigenvalue weighted by Crippen LogP contribution is -2.34. The quantitative estimate of drug-likeness (QED) is 0.749. The van der Waals surface area contributed by atoms with Gasteiger partial charge in [-0.2, -0.15) is 0 Å². The van der Waals surface area contributed by atoms with Crippen LogP contribution < -0.4 is 4.90 Å². The molecule has 1 aliphatic carbocycles. The van der Waals surface area contributed by atoms with Gasteiger partial charge in [-0.3, -0.25) is 4.79 Å². The number of aldehydes is 1. The second kappa shape index (κ2) is 5.00. The van der Waals surface area contributed by atoms with Crippen molar-refractivity contribution < 1.29 is 4.79 Å². The first-order valence-corrected chi connectivity index (χ1v) is 6.85. The van der Waals surface area contributed by atoms with Crippen LogP contribution in [0.4, 0.5) is 5.69 Å². The number of hydrogen-bond acceptors (Lipinski definition) is 3. The average Bonchev–Trinajstić information content (AvgIpc) is 2.77. The summed E-state index contributed by atoms with van der Waals surface area (Å²) in [5.41, 5.74) is 1.20. The van der Waals surface area contributed by atoms with Gasteiger partial charge in [-0.05, 0) is 37.7 Å². The molecule has 0 aromatic carbocycles. The Labute approximate surface area is 101 Å². The van der Waals surface area contributed by atoms with Crippen molar-refractivity contribution in [1.82, 2.24) is 0 Å². The normalized spacial score (nSPS) is 25.4. The lowest BCUT2D eigenvalue weighted by atomic mass is 9.86. The van der Waals surface area contributed by atoms with Crippen molar-refractivity contribution in [1.29, 1.82) is 0 Å². The van der Waals surface area contributed by atoms with Crippen molar-refractivity contribution in [2.45, 2.75) is 38.6 Å². The number of thiophene rings is 1. The molecule has 2 rings (SSSR count). The summed E-state index contributed by atoms with van der Waals surface area (Å²) in [6, 6.07) is 2.65. The molecule has 1 aliphatic rings. The van der Waals surface area contributed by atoms with Gasteiger partial charge in [0.25, 0.3) is 0 Å². The molecule has 16 heavy (non-hydrogen) atoms. The van der Waals surface area contributed by atoms with Crippen LogP contribution in [-0.4, -0.2) is 19.4 Å². The Bertz CT molecular complexity index is 353. The highest BCUT2D eigenvalue weighted by Crippen LogP contribution is 2.31. The topological polar surface area (TPSA) is 20.3 Å². The van der Waals surface area contributed by atoms with Crippen molar-refractivity contribution in [3.8, 4) is 0 Å². The first kappa shape index (κ1) is 11.6. The molecule has 1 aromatic heterocycles. The van der Waals surface area contributed by atoms with Gasteiger partial charge in [0.1, 0.15) is 0 Å². The summed E-state index contributed by atoms with van der Waals surface area (Å²) in [6.45, 7) is 2.34. The Hall–Kier alpha value is -0.830. The minimum atomic E-state index is 0.658. The van der Waals surface area contributed by atoms with Crippen molar-refractivity contribution in [2.75, 3.05) is 11.9 Å². The van der Waals surface area contributed by atoms with E-state index in [9.17, 15) is 4.79 Å². The van der Waals surface area contributed by atoms with Crippen LogP contribution in [0.15, 0.2) is 11.4 Å². The highest BCUT2D eigenvalue weighted by molar-refractivity contribution is 7.12. The molecule has 0 atom stereocenters. The average molecular weight is 237 g/mol. The molecular weight excluding hydrogens is 218 g/mol. The van der Waals surface area contributed by atoms with Crippen LogP contribution in [0.2, 0.25) is 0 Å². The summed E-state index contributed by atoms with van der Waals surface area (Å²) in [5.74, 6) is 0.887. The van der Waals surface area contributed by atoms with Gasteiger partial charge in [0.05, 0.1) is 4.88 Å². The van der Waals surface area contributed by atoms with E-state index < -0.39 is 0 Å². The van der Waals surface area contributed by atoms with Crippen LogP contribution >= 0.6 is 11.3 Å². The van der Waals surface area contributed by atoms with E-state index in [4.69, 9.17) is 0 Å². The van der Waals surface area contributed by atoms with E-state index in [1.165, 1.54) is 42.7 Å². The molecule has 0 amide bonds. The van der Waals surface area contributed by atoms with Gasteiger partial charge in [-0.1, -0.05) is 6.92 Å². The molecule has 3 heteroatoms. The van der Waals surface area contributed by atoms with E-state index in [0.29, 0.717) is 6.04 Å². The predicted octanol–water partition coefficient (Wildman–Crippen LogP) is 3.58. The summed E-state index contributed by atoms with van der Waals surface area (Å²) in [4.78, 5) is 13.8. The van der Waals surface area contributed by atoms with Crippen LogP contribution in [0.3, 0.4) is 0 Å². The van der Waals surface area contributed by atoms with Gasteiger partial charge in [0.15, 0.2) is 6.29 Å². The SMILES string of the molecule is CC1CCC(N(C)c2csc(C=O)c2)CC1. The fourth-order valence-electron chi connectivity index (χ4n) is 2.43. The van der Waals surface area contributed by atoms with Gasteiger partial charge >= 0.3 is 0 Å². The molecule has 0 N–H and O–H groups in total. The molecule has 1 heterocycles. The summed E-state index contributed by atoms with van der Waals surface area (Å²) in [6.07, 6.45) is 6.16. The Morgan fingerprint density at radius 1 is 1.38 bits per heavy atom. The highest BCUT2D eigenvalue weighted by Gasteiger charge is 2.22. The van der Waals surface area contributed by atoms with Crippen molar-refractivity contribution in [3.63, 3.8) is 0 Å².